The van der Waals surface area contributed by atoms with Gasteiger partial charge in [0.25, 0.3) is 5.91 Å². The highest BCUT2D eigenvalue weighted by molar-refractivity contribution is 7.22. The number of halogens is 1. The Balaban J connectivity index is 0.00000280. The number of rotatable bonds is 7. The number of thiazole rings is 1. The average Bonchev–Trinajstić information content (AvgIpc) is 3.24. The standard InChI is InChI=1S/C20H27N5OS.ClH/c1-6-24(7-2)10-11-25(19(26)16-8-9-21-23(16)5)20-22-18-15(4)12-14(3)13-17(18)27-20;/h8-9,12-13H,6-7,10-11H2,1-5H3;1H. The van der Waals surface area contributed by atoms with Crippen molar-refractivity contribution in [3.05, 3.63) is 41.2 Å². The molecule has 0 aliphatic heterocycles. The molecule has 0 saturated carbocycles. The number of fused-ring (bicyclic) bond motifs is 1. The number of hydrogen-bond acceptors (Lipinski definition) is 5. The minimum absolute atomic E-state index is 0. The van der Waals surface area contributed by atoms with Gasteiger partial charge in [0.2, 0.25) is 0 Å². The Hall–Kier alpha value is -1.96. The number of aromatic nitrogens is 3. The Kier molecular flexibility index (Phi) is 7.57. The van der Waals surface area contributed by atoms with Crippen LogP contribution in [0.1, 0.15) is 35.5 Å². The second-order valence-corrected chi connectivity index (χ2v) is 7.76. The Bertz CT molecular complexity index is 947. The Morgan fingerprint density at radius 1 is 1.18 bits per heavy atom. The molecule has 0 aliphatic rings. The lowest BCUT2D eigenvalue weighted by Crippen LogP contribution is -2.39. The number of carbonyl (C=O) groups is 1. The third-order valence-electron chi connectivity index (χ3n) is 4.87. The lowest BCUT2D eigenvalue weighted by molar-refractivity contribution is 0.0974. The molecule has 0 atom stereocenters. The van der Waals surface area contributed by atoms with Crippen LogP contribution in [-0.2, 0) is 7.05 Å². The van der Waals surface area contributed by atoms with E-state index in [1.165, 1.54) is 5.56 Å². The summed E-state index contributed by atoms with van der Waals surface area (Å²) >= 11 is 1.58. The lowest BCUT2D eigenvalue weighted by Gasteiger charge is -2.24. The van der Waals surface area contributed by atoms with Gasteiger partial charge in [-0.25, -0.2) is 4.98 Å². The molecule has 3 aromatic rings. The second kappa shape index (κ2) is 9.49. The van der Waals surface area contributed by atoms with Crippen LogP contribution in [0.25, 0.3) is 10.2 Å². The van der Waals surface area contributed by atoms with Crippen molar-refractivity contribution in [3.63, 3.8) is 0 Å². The van der Waals surface area contributed by atoms with Crippen LogP contribution < -0.4 is 4.90 Å². The first-order valence-corrected chi connectivity index (χ1v) is 10.2. The highest BCUT2D eigenvalue weighted by Crippen LogP contribution is 2.32. The highest BCUT2D eigenvalue weighted by atomic mass is 35.5. The Labute approximate surface area is 176 Å². The van der Waals surface area contributed by atoms with E-state index in [4.69, 9.17) is 4.98 Å². The number of carbonyl (C=O) groups excluding carboxylic acids is 1. The summed E-state index contributed by atoms with van der Waals surface area (Å²) in [7, 11) is 1.79. The van der Waals surface area contributed by atoms with Gasteiger partial charge in [0.1, 0.15) is 5.69 Å². The molecule has 152 valence electrons. The fraction of sp³-hybridized carbons (Fsp3) is 0.450. The summed E-state index contributed by atoms with van der Waals surface area (Å²) in [5, 5.41) is 4.90. The van der Waals surface area contributed by atoms with Crippen LogP contribution in [0.2, 0.25) is 0 Å². The minimum Gasteiger partial charge on any atom is -0.302 e. The first kappa shape index (κ1) is 22.3. The molecular weight excluding hydrogens is 394 g/mol. The van der Waals surface area contributed by atoms with Crippen LogP contribution in [0, 0.1) is 13.8 Å². The number of anilines is 1. The Morgan fingerprint density at radius 2 is 1.89 bits per heavy atom. The molecule has 3 rings (SSSR count). The maximum atomic E-state index is 13.3. The van der Waals surface area contributed by atoms with Gasteiger partial charge in [-0.1, -0.05) is 31.3 Å². The van der Waals surface area contributed by atoms with Crippen LogP contribution >= 0.6 is 23.7 Å². The number of nitrogens with zero attached hydrogens (tertiary/aromatic N) is 5. The molecule has 2 heterocycles. The van der Waals surface area contributed by atoms with Gasteiger partial charge in [0, 0.05) is 26.3 Å². The van der Waals surface area contributed by atoms with Crippen molar-refractivity contribution >= 4 is 45.0 Å². The molecule has 0 saturated heterocycles. The zero-order valence-electron chi connectivity index (χ0n) is 17.1. The van der Waals surface area contributed by atoms with E-state index >= 15 is 0 Å². The molecule has 0 aliphatic carbocycles. The van der Waals surface area contributed by atoms with Crippen molar-refractivity contribution in [2.45, 2.75) is 27.7 Å². The normalized spacial score (nSPS) is 11.1. The summed E-state index contributed by atoms with van der Waals surface area (Å²) in [4.78, 5) is 22.2. The summed E-state index contributed by atoms with van der Waals surface area (Å²) in [5.74, 6) is -0.0596. The summed E-state index contributed by atoms with van der Waals surface area (Å²) in [6.45, 7) is 11.8. The van der Waals surface area contributed by atoms with Crippen LogP contribution in [0.4, 0.5) is 5.13 Å². The molecule has 1 amide bonds. The molecule has 6 nitrogen and oxygen atoms in total. The van der Waals surface area contributed by atoms with E-state index in [0.29, 0.717) is 12.2 Å². The third kappa shape index (κ3) is 4.54. The number of likely N-dealkylation sites (N-methyl/N-ethyl adjacent to an activating group) is 1. The minimum atomic E-state index is -0.0596. The van der Waals surface area contributed by atoms with Gasteiger partial charge in [0.15, 0.2) is 5.13 Å². The number of amides is 1. The van der Waals surface area contributed by atoms with E-state index in [-0.39, 0.29) is 18.3 Å². The molecule has 2 aromatic heterocycles. The van der Waals surface area contributed by atoms with Crippen molar-refractivity contribution in [2.24, 2.45) is 7.05 Å². The number of hydrogen-bond donors (Lipinski definition) is 0. The highest BCUT2D eigenvalue weighted by Gasteiger charge is 2.24. The molecule has 0 unspecified atom stereocenters. The van der Waals surface area contributed by atoms with Gasteiger partial charge < -0.3 is 4.90 Å². The fourth-order valence-electron chi connectivity index (χ4n) is 3.26. The first-order valence-electron chi connectivity index (χ1n) is 9.34. The van der Waals surface area contributed by atoms with E-state index in [9.17, 15) is 4.79 Å². The molecule has 0 N–H and O–H groups in total. The van der Waals surface area contributed by atoms with Crippen LogP contribution in [0.3, 0.4) is 0 Å². The molecular formula is C20H28ClN5OS. The maximum absolute atomic E-state index is 13.3. The summed E-state index contributed by atoms with van der Waals surface area (Å²) in [6.07, 6.45) is 1.65. The summed E-state index contributed by atoms with van der Waals surface area (Å²) in [6, 6.07) is 6.03. The predicted octanol–water partition coefficient (Wildman–Crippen LogP) is 4.06. The zero-order valence-corrected chi connectivity index (χ0v) is 18.7. The average molecular weight is 422 g/mol. The quantitative estimate of drug-likeness (QED) is 0.577. The monoisotopic (exact) mass is 421 g/mol. The molecule has 8 heteroatoms. The third-order valence-corrected chi connectivity index (χ3v) is 5.89. The maximum Gasteiger partial charge on any atom is 0.278 e. The van der Waals surface area contributed by atoms with E-state index in [1.807, 2.05) is 0 Å². The SMILES string of the molecule is CCN(CC)CCN(C(=O)c1ccnn1C)c1nc2c(C)cc(C)cc2s1.Cl. The predicted molar refractivity (Wildman–Crippen MR) is 119 cm³/mol. The largest absolute Gasteiger partial charge is 0.302 e. The smallest absolute Gasteiger partial charge is 0.278 e. The second-order valence-electron chi connectivity index (χ2n) is 6.75. The van der Waals surface area contributed by atoms with Crippen LogP contribution in [0.5, 0.6) is 0 Å². The first-order chi connectivity index (χ1) is 12.9. The van der Waals surface area contributed by atoms with Crippen molar-refractivity contribution in [1.29, 1.82) is 0 Å². The van der Waals surface area contributed by atoms with Crippen molar-refractivity contribution in [1.82, 2.24) is 19.7 Å². The zero-order chi connectivity index (χ0) is 19.6. The van der Waals surface area contributed by atoms with Crippen molar-refractivity contribution in [2.75, 3.05) is 31.1 Å². The van der Waals surface area contributed by atoms with E-state index < -0.39 is 0 Å². The Morgan fingerprint density at radius 3 is 2.50 bits per heavy atom. The van der Waals surface area contributed by atoms with Crippen LogP contribution in [0.15, 0.2) is 24.4 Å². The number of aryl methyl sites for hydroxylation is 3. The molecule has 0 bridgehead atoms. The molecule has 0 spiro atoms. The fourth-order valence-corrected chi connectivity index (χ4v) is 4.43. The molecule has 28 heavy (non-hydrogen) atoms. The summed E-state index contributed by atoms with van der Waals surface area (Å²) in [5.41, 5.74) is 3.90. The number of benzene rings is 1. The molecule has 1 aromatic carbocycles. The van der Waals surface area contributed by atoms with Gasteiger partial charge in [-0.3, -0.25) is 14.4 Å². The van der Waals surface area contributed by atoms with Crippen molar-refractivity contribution < 1.29 is 4.79 Å². The van der Waals surface area contributed by atoms with Gasteiger partial charge >= 0.3 is 0 Å². The van der Waals surface area contributed by atoms with Gasteiger partial charge in [-0.05, 0) is 50.2 Å². The van der Waals surface area contributed by atoms with Gasteiger partial charge in [-0.2, -0.15) is 5.10 Å². The molecule has 0 fully saturated rings. The molecule has 0 radical (unpaired) electrons. The van der Waals surface area contributed by atoms with E-state index in [0.717, 1.165) is 40.5 Å². The summed E-state index contributed by atoms with van der Waals surface area (Å²) < 4.78 is 2.74. The van der Waals surface area contributed by atoms with Gasteiger partial charge in [0.05, 0.1) is 10.2 Å². The van der Waals surface area contributed by atoms with E-state index in [1.54, 1.807) is 40.2 Å². The van der Waals surface area contributed by atoms with Crippen LogP contribution in [-0.4, -0.2) is 51.8 Å². The van der Waals surface area contributed by atoms with Gasteiger partial charge in [-0.15, -0.1) is 12.4 Å². The lowest BCUT2D eigenvalue weighted by atomic mass is 10.1. The topological polar surface area (TPSA) is 54.3 Å². The van der Waals surface area contributed by atoms with Crippen molar-refractivity contribution in [3.8, 4) is 0 Å². The van der Waals surface area contributed by atoms with E-state index in [2.05, 4.69) is 49.8 Å².